The Bertz CT molecular complexity index is 328. The molecular formula is C10H14FNOS. The standard InChI is InChI=1S/C10H14FNOS/c1-6(12)5-7-3-4-8(13)10(14-2)9(7)11/h3-4,6,13H,5,12H2,1-2H3. The van der Waals surface area contributed by atoms with Gasteiger partial charge in [0.2, 0.25) is 0 Å². The molecule has 0 saturated heterocycles. The minimum atomic E-state index is -0.352. The summed E-state index contributed by atoms with van der Waals surface area (Å²) in [6, 6.07) is 3.00. The van der Waals surface area contributed by atoms with Gasteiger partial charge in [0, 0.05) is 6.04 Å². The van der Waals surface area contributed by atoms with E-state index in [0.717, 1.165) is 0 Å². The Labute approximate surface area is 87.3 Å². The molecule has 1 aromatic carbocycles. The zero-order valence-electron chi connectivity index (χ0n) is 8.25. The lowest BCUT2D eigenvalue weighted by atomic mass is 10.1. The van der Waals surface area contributed by atoms with Crippen LogP contribution in [0.15, 0.2) is 17.0 Å². The van der Waals surface area contributed by atoms with Crippen molar-refractivity contribution < 1.29 is 9.50 Å². The number of aromatic hydroxyl groups is 1. The maximum Gasteiger partial charge on any atom is 0.143 e. The normalized spacial score (nSPS) is 12.9. The summed E-state index contributed by atoms with van der Waals surface area (Å²) in [5.41, 5.74) is 6.14. The molecule has 0 fully saturated rings. The Morgan fingerprint density at radius 2 is 2.21 bits per heavy atom. The number of phenols is 1. The van der Waals surface area contributed by atoms with Gasteiger partial charge in [0.15, 0.2) is 0 Å². The summed E-state index contributed by atoms with van der Waals surface area (Å²) in [6.45, 7) is 1.82. The van der Waals surface area contributed by atoms with Gasteiger partial charge in [-0.15, -0.1) is 11.8 Å². The summed E-state index contributed by atoms with van der Waals surface area (Å²) < 4.78 is 13.7. The fourth-order valence-corrected chi connectivity index (χ4v) is 1.87. The number of halogens is 1. The highest BCUT2D eigenvalue weighted by Gasteiger charge is 2.12. The van der Waals surface area contributed by atoms with Gasteiger partial charge in [-0.05, 0) is 31.2 Å². The maximum atomic E-state index is 13.7. The van der Waals surface area contributed by atoms with Gasteiger partial charge in [0.25, 0.3) is 0 Å². The van der Waals surface area contributed by atoms with E-state index in [0.29, 0.717) is 16.9 Å². The summed E-state index contributed by atoms with van der Waals surface area (Å²) in [7, 11) is 0. The lowest BCUT2D eigenvalue weighted by Gasteiger charge is -2.10. The molecule has 0 heterocycles. The van der Waals surface area contributed by atoms with Gasteiger partial charge >= 0.3 is 0 Å². The molecule has 1 atom stereocenters. The molecule has 78 valence electrons. The van der Waals surface area contributed by atoms with Crippen LogP contribution in [0.5, 0.6) is 5.75 Å². The van der Waals surface area contributed by atoms with Gasteiger partial charge in [-0.2, -0.15) is 0 Å². The van der Waals surface area contributed by atoms with Gasteiger partial charge in [0.1, 0.15) is 11.6 Å². The van der Waals surface area contributed by atoms with Crippen molar-refractivity contribution >= 4 is 11.8 Å². The van der Waals surface area contributed by atoms with Gasteiger partial charge < -0.3 is 10.8 Å². The zero-order chi connectivity index (χ0) is 10.7. The number of phenolic OH excluding ortho intramolecular Hbond substituents is 1. The van der Waals surface area contributed by atoms with Crippen molar-refractivity contribution in [1.29, 1.82) is 0 Å². The number of benzene rings is 1. The van der Waals surface area contributed by atoms with E-state index in [1.54, 1.807) is 12.3 Å². The van der Waals surface area contributed by atoms with Crippen molar-refractivity contribution in [1.82, 2.24) is 0 Å². The quantitative estimate of drug-likeness (QED) is 0.759. The van der Waals surface area contributed by atoms with E-state index in [1.165, 1.54) is 17.8 Å². The number of rotatable bonds is 3. The van der Waals surface area contributed by atoms with Crippen molar-refractivity contribution in [3.05, 3.63) is 23.5 Å². The van der Waals surface area contributed by atoms with Crippen LogP contribution in [0.1, 0.15) is 12.5 Å². The molecular weight excluding hydrogens is 201 g/mol. The molecule has 2 nitrogen and oxygen atoms in total. The van der Waals surface area contributed by atoms with Gasteiger partial charge in [0.05, 0.1) is 4.90 Å². The highest BCUT2D eigenvalue weighted by Crippen LogP contribution is 2.31. The van der Waals surface area contributed by atoms with E-state index in [9.17, 15) is 9.50 Å². The lowest BCUT2D eigenvalue weighted by Crippen LogP contribution is -2.18. The van der Waals surface area contributed by atoms with Crippen molar-refractivity contribution in [2.45, 2.75) is 24.3 Å². The van der Waals surface area contributed by atoms with E-state index in [2.05, 4.69) is 0 Å². The fraction of sp³-hybridized carbons (Fsp3) is 0.400. The predicted molar refractivity (Wildman–Crippen MR) is 57.2 cm³/mol. The van der Waals surface area contributed by atoms with Crippen molar-refractivity contribution in [3.63, 3.8) is 0 Å². The monoisotopic (exact) mass is 215 g/mol. The van der Waals surface area contributed by atoms with Crippen LogP contribution in [-0.2, 0) is 6.42 Å². The molecule has 1 unspecified atom stereocenters. The molecule has 1 rings (SSSR count). The molecule has 4 heteroatoms. The smallest absolute Gasteiger partial charge is 0.143 e. The number of thioether (sulfide) groups is 1. The Morgan fingerprint density at radius 1 is 1.57 bits per heavy atom. The average Bonchev–Trinajstić information content (AvgIpc) is 2.10. The highest BCUT2D eigenvalue weighted by atomic mass is 32.2. The van der Waals surface area contributed by atoms with E-state index < -0.39 is 0 Å². The second-order valence-corrected chi connectivity index (χ2v) is 4.09. The summed E-state index contributed by atoms with van der Waals surface area (Å²) in [5.74, 6) is -0.363. The Kier molecular flexibility index (Phi) is 3.77. The van der Waals surface area contributed by atoms with Crippen LogP contribution in [0.3, 0.4) is 0 Å². The van der Waals surface area contributed by atoms with Crippen LogP contribution < -0.4 is 5.73 Å². The summed E-state index contributed by atoms with van der Waals surface area (Å²) >= 11 is 1.20. The summed E-state index contributed by atoms with van der Waals surface area (Å²) in [5, 5.41) is 9.36. The molecule has 0 aliphatic rings. The van der Waals surface area contributed by atoms with E-state index in [4.69, 9.17) is 5.73 Å². The van der Waals surface area contributed by atoms with Crippen molar-refractivity contribution in [3.8, 4) is 5.75 Å². The average molecular weight is 215 g/mol. The Balaban J connectivity index is 3.08. The first-order chi connectivity index (χ1) is 6.56. The molecule has 0 aliphatic heterocycles. The van der Waals surface area contributed by atoms with Crippen LogP contribution in [-0.4, -0.2) is 17.4 Å². The second kappa shape index (κ2) is 4.66. The molecule has 0 radical (unpaired) electrons. The van der Waals surface area contributed by atoms with Crippen LogP contribution in [0.25, 0.3) is 0 Å². The molecule has 3 N–H and O–H groups in total. The van der Waals surface area contributed by atoms with Crippen LogP contribution in [0.4, 0.5) is 4.39 Å². The minimum Gasteiger partial charge on any atom is -0.507 e. The van der Waals surface area contributed by atoms with Crippen molar-refractivity contribution in [2.75, 3.05) is 6.26 Å². The number of nitrogens with two attached hydrogens (primary N) is 1. The SMILES string of the molecule is CSc1c(O)ccc(CC(C)N)c1F. The third-order valence-electron chi connectivity index (χ3n) is 1.90. The van der Waals surface area contributed by atoms with E-state index in [-0.39, 0.29) is 17.6 Å². The second-order valence-electron chi connectivity index (χ2n) is 3.27. The first kappa shape index (κ1) is 11.3. The minimum absolute atomic E-state index is 0.0107. The lowest BCUT2D eigenvalue weighted by molar-refractivity contribution is 0.447. The van der Waals surface area contributed by atoms with Crippen LogP contribution >= 0.6 is 11.8 Å². The first-order valence-corrected chi connectivity index (χ1v) is 5.58. The third-order valence-corrected chi connectivity index (χ3v) is 2.70. The third kappa shape index (κ3) is 2.39. The molecule has 0 bridgehead atoms. The highest BCUT2D eigenvalue weighted by molar-refractivity contribution is 7.98. The number of hydrogen-bond acceptors (Lipinski definition) is 3. The zero-order valence-corrected chi connectivity index (χ0v) is 9.07. The van der Waals surface area contributed by atoms with Gasteiger partial charge in [-0.1, -0.05) is 6.07 Å². The molecule has 0 amide bonds. The topological polar surface area (TPSA) is 46.2 Å². The summed E-state index contributed by atoms with van der Waals surface area (Å²) in [4.78, 5) is 0.295. The van der Waals surface area contributed by atoms with Gasteiger partial charge in [-0.3, -0.25) is 0 Å². The first-order valence-electron chi connectivity index (χ1n) is 4.36. The van der Waals surface area contributed by atoms with Gasteiger partial charge in [-0.25, -0.2) is 4.39 Å². The van der Waals surface area contributed by atoms with E-state index >= 15 is 0 Å². The molecule has 1 aromatic rings. The Morgan fingerprint density at radius 3 is 2.71 bits per heavy atom. The predicted octanol–water partition coefficient (Wildman–Crippen LogP) is 2.14. The molecule has 0 aromatic heterocycles. The van der Waals surface area contributed by atoms with Crippen LogP contribution in [0.2, 0.25) is 0 Å². The maximum absolute atomic E-state index is 13.7. The van der Waals surface area contributed by atoms with Crippen LogP contribution in [0, 0.1) is 5.82 Å². The largest absolute Gasteiger partial charge is 0.507 e. The number of hydrogen-bond donors (Lipinski definition) is 2. The summed E-state index contributed by atoms with van der Waals surface area (Å²) in [6.07, 6.45) is 2.22. The molecule has 14 heavy (non-hydrogen) atoms. The van der Waals surface area contributed by atoms with E-state index in [1.807, 2.05) is 6.92 Å². The molecule has 0 aliphatic carbocycles. The molecule has 0 saturated carbocycles. The fourth-order valence-electron chi connectivity index (χ4n) is 1.29. The van der Waals surface area contributed by atoms with Crippen molar-refractivity contribution in [2.24, 2.45) is 5.73 Å². The Hall–Kier alpha value is -0.740. The molecule has 0 spiro atoms.